The van der Waals surface area contributed by atoms with E-state index in [-0.39, 0.29) is 37.5 Å². The fourth-order valence-corrected chi connectivity index (χ4v) is 10.5. The highest BCUT2D eigenvalue weighted by atomic mass is 35.5. The maximum absolute atomic E-state index is 14.1. The van der Waals surface area contributed by atoms with Gasteiger partial charge in [-0.1, -0.05) is 47.5 Å². The first-order valence-electron chi connectivity index (χ1n) is 19.5. The van der Waals surface area contributed by atoms with Gasteiger partial charge in [-0.3, -0.25) is 38.3 Å². The second-order valence-corrected chi connectivity index (χ2v) is 17.6. The second-order valence-electron chi connectivity index (χ2n) is 14.7. The van der Waals surface area contributed by atoms with Crippen LogP contribution in [0.5, 0.6) is 0 Å². The quantitative estimate of drug-likeness (QED) is 0.0722. The van der Waals surface area contributed by atoms with Crippen molar-refractivity contribution in [3.8, 4) is 10.0 Å². The largest absolute Gasteiger partial charge is 0.469 e. The minimum atomic E-state index is -0.701. The number of Topliss-reactive ketones (excluding diaryl/α,β-unsaturated/α-hetero) is 1. The van der Waals surface area contributed by atoms with Crippen molar-refractivity contribution >= 4 is 80.9 Å². The van der Waals surface area contributed by atoms with Gasteiger partial charge >= 0.3 is 11.9 Å². The van der Waals surface area contributed by atoms with Crippen LogP contribution < -0.4 is 5.32 Å². The predicted octanol–water partition coefficient (Wildman–Crippen LogP) is 7.81. The van der Waals surface area contributed by atoms with Gasteiger partial charge in [0.1, 0.15) is 33.7 Å². The summed E-state index contributed by atoms with van der Waals surface area (Å²) in [4.78, 5) is 64.3. The topological polar surface area (TPSA) is 185 Å². The van der Waals surface area contributed by atoms with Crippen molar-refractivity contribution in [2.75, 3.05) is 20.8 Å². The van der Waals surface area contributed by atoms with E-state index in [1.165, 1.54) is 36.9 Å². The average Bonchev–Trinajstić information content (AvgIpc) is 3.98. The molecule has 318 valence electrons. The standard InChI is InChI=1S/C43H39Cl2N9O6S2/c1-20-33-35(24-9-13-26(44)14-10-24)47-28(18-31(56)59-5)39-51-49-22(3)53(39)42(33)61-37(20)30(55)8-7-17-46-41(58)38-21(2)34-36(25-11-15-27(45)16-12-25)48-29(19-32(57)60-6)40-52-50-23(4)54(40)43(34)62-38/h9-16,28-29H,7-8,17-19H2,1-6H3,(H,46,58)/t28-,29-/m0/s1. The highest BCUT2D eigenvalue weighted by Gasteiger charge is 2.36. The fraction of sp³-hybridized carbons (Fsp3) is 0.302. The molecule has 6 heterocycles. The van der Waals surface area contributed by atoms with E-state index in [1.54, 1.807) is 31.2 Å². The summed E-state index contributed by atoms with van der Waals surface area (Å²) in [7, 11) is 2.65. The van der Waals surface area contributed by atoms with Crippen LogP contribution in [0.1, 0.15) is 114 Å². The summed E-state index contributed by atoms with van der Waals surface area (Å²) in [5.41, 5.74) is 5.56. The maximum atomic E-state index is 14.1. The normalized spacial score (nSPS) is 15.2. The van der Waals surface area contributed by atoms with Crippen molar-refractivity contribution in [1.29, 1.82) is 0 Å². The number of rotatable bonds is 12. The number of halogens is 2. The molecule has 15 nitrogen and oxygen atoms in total. The van der Waals surface area contributed by atoms with Crippen LogP contribution in [0.15, 0.2) is 58.5 Å². The van der Waals surface area contributed by atoms with Gasteiger partial charge in [-0.15, -0.1) is 43.1 Å². The highest BCUT2D eigenvalue weighted by molar-refractivity contribution is 7.17. The number of amides is 1. The molecule has 4 aromatic heterocycles. The number of ketones is 1. The lowest BCUT2D eigenvalue weighted by atomic mass is 9.98. The number of carbonyl (C=O) groups is 4. The molecule has 2 aliphatic rings. The molecule has 6 aromatic rings. The molecule has 0 saturated carbocycles. The third kappa shape index (κ3) is 7.89. The van der Waals surface area contributed by atoms with E-state index in [0.717, 1.165) is 27.3 Å². The molecular formula is C43H39Cl2N9O6S2. The lowest BCUT2D eigenvalue weighted by Gasteiger charge is -2.12. The van der Waals surface area contributed by atoms with Gasteiger partial charge in [-0.05, 0) is 69.5 Å². The maximum Gasteiger partial charge on any atom is 0.308 e. The Morgan fingerprint density at radius 3 is 1.55 bits per heavy atom. The van der Waals surface area contributed by atoms with E-state index in [2.05, 4.69) is 25.7 Å². The van der Waals surface area contributed by atoms with Crippen LogP contribution in [0.4, 0.5) is 0 Å². The van der Waals surface area contributed by atoms with E-state index in [1.807, 2.05) is 54.2 Å². The number of thiophene rings is 2. The Kier molecular flexibility index (Phi) is 12.1. The second kappa shape index (κ2) is 17.5. The molecule has 0 unspecified atom stereocenters. The minimum Gasteiger partial charge on any atom is -0.469 e. The molecule has 0 saturated heterocycles. The molecular weight excluding hydrogens is 874 g/mol. The van der Waals surface area contributed by atoms with Gasteiger partial charge < -0.3 is 14.8 Å². The van der Waals surface area contributed by atoms with E-state index < -0.39 is 24.0 Å². The van der Waals surface area contributed by atoms with Crippen molar-refractivity contribution in [1.82, 2.24) is 34.8 Å². The molecule has 0 bridgehead atoms. The number of esters is 2. The number of nitrogens with zero attached hydrogens (tertiary/aromatic N) is 8. The summed E-state index contributed by atoms with van der Waals surface area (Å²) in [6.45, 7) is 7.61. The molecule has 62 heavy (non-hydrogen) atoms. The number of methoxy groups -OCH3 is 2. The number of nitrogens with one attached hydrogen (secondary N) is 1. The van der Waals surface area contributed by atoms with Gasteiger partial charge in [-0.25, -0.2) is 0 Å². The Bertz CT molecular complexity index is 2650. The Hall–Kier alpha value is -5.88. The number of benzene rings is 2. The van der Waals surface area contributed by atoms with Crippen LogP contribution in [0.3, 0.4) is 0 Å². The third-order valence-corrected chi connectivity index (χ3v) is 13.8. The van der Waals surface area contributed by atoms with E-state index in [0.29, 0.717) is 77.1 Å². The van der Waals surface area contributed by atoms with Crippen molar-refractivity contribution in [2.45, 2.75) is 65.5 Å². The van der Waals surface area contributed by atoms with Gasteiger partial charge in [0.05, 0.1) is 48.2 Å². The molecule has 0 radical (unpaired) electrons. The summed E-state index contributed by atoms with van der Waals surface area (Å²) in [6, 6.07) is 13.1. The molecule has 2 atom stereocenters. The number of ether oxygens (including phenoxy) is 2. The van der Waals surface area contributed by atoms with Crippen LogP contribution in [0.2, 0.25) is 10.0 Å². The van der Waals surface area contributed by atoms with Crippen LogP contribution in [-0.4, -0.2) is 85.3 Å². The number of hydrogen-bond donors (Lipinski definition) is 1. The van der Waals surface area contributed by atoms with Gasteiger partial charge in [0, 0.05) is 45.3 Å². The average molecular weight is 913 g/mol. The fourth-order valence-electron chi connectivity index (χ4n) is 7.65. The van der Waals surface area contributed by atoms with Gasteiger partial charge in [0.25, 0.3) is 5.91 Å². The number of hydrogen-bond acceptors (Lipinski definition) is 14. The Balaban J connectivity index is 1.06. The molecule has 2 aromatic carbocycles. The van der Waals surface area contributed by atoms with E-state index in [4.69, 9.17) is 42.7 Å². The summed E-state index contributed by atoms with van der Waals surface area (Å²) < 4.78 is 13.7. The summed E-state index contributed by atoms with van der Waals surface area (Å²) >= 11 is 15.1. The zero-order chi connectivity index (χ0) is 44.0. The van der Waals surface area contributed by atoms with Crippen LogP contribution in [-0.2, 0) is 19.1 Å². The molecule has 1 amide bonds. The molecule has 2 aliphatic heterocycles. The lowest BCUT2D eigenvalue weighted by Crippen LogP contribution is -2.25. The van der Waals surface area contributed by atoms with Crippen molar-refractivity contribution in [3.63, 3.8) is 0 Å². The highest BCUT2D eigenvalue weighted by Crippen LogP contribution is 2.42. The first-order valence-corrected chi connectivity index (χ1v) is 21.9. The molecule has 0 aliphatic carbocycles. The zero-order valence-corrected chi connectivity index (χ0v) is 37.6. The summed E-state index contributed by atoms with van der Waals surface area (Å²) in [5.74, 6) is 0.770. The number of aryl methyl sites for hydroxylation is 2. The van der Waals surface area contributed by atoms with Crippen molar-refractivity contribution in [3.05, 3.63) is 125 Å². The van der Waals surface area contributed by atoms with Gasteiger partial charge in [0.2, 0.25) is 0 Å². The molecule has 19 heteroatoms. The van der Waals surface area contributed by atoms with E-state index in [9.17, 15) is 19.2 Å². The van der Waals surface area contributed by atoms with E-state index >= 15 is 0 Å². The Morgan fingerprint density at radius 2 is 1.10 bits per heavy atom. The Morgan fingerprint density at radius 1 is 0.661 bits per heavy atom. The van der Waals surface area contributed by atoms with Crippen LogP contribution >= 0.6 is 45.9 Å². The van der Waals surface area contributed by atoms with Gasteiger partial charge in [0.15, 0.2) is 17.4 Å². The molecule has 0 spiro atoms. The molecule has 8 rings (SSSR count). The monoisotopic (exact) mass is 911 g/mol. The van der Waals surface area contributed by atoms with Crippen LogP contribution in [0.25, 0.3) is 10.0 Å². The Labute approximate surface area is 373 Å². The minimum absolute atomic E-state index is 0.0547. The number of aliphatic imine (C=N–C) groups is 2. The SMILES string of the molecule is COC(=O)C[C@@H]1N=C(c2ccc(Cl)cc2)c2c(sc(C(=O)CCCNC(=O)c3sc4c(c3C)C(c3ccc(Cl)cc3)=N[C@@H](CC(=O)OC)c3nnc(C)n3-4)c2C)-n2c(C)nnc21. The van der Waals surface area contributed by atoms with Crippen LogP contribution in [0, 0.1) is 27.7 Å². The lowest BCUT2D eigenvalue weighted by molar-refractivity contribution is -0.142. The first-order chi connectivity index (χ1) is 29.8. The van der Waals surface area contributed by atoms with Gasteiger partial charge in [-0.2, -0.15) is 0 Å². The number of aromatic nitrogens is 6. The smallest absolute Gasteiger partial charge is 0.308 e. The van der Waals surface area contributed by atoms with Crippen molar-refractivity contribution < 1.29 is 28.7 Å². The molecule has 1 N–H and O–H groups in total. The van der Waals surface area contributed by atoms with Crippen molar-refractivity contribution in [2.24, 2.45) is 9.98 Å². The molecule has 0 fully saturated rings. The third-order valence-electron chi connectivity index (χ3n) is 10.7. The summed E-state index contributed by atoms with van der Waals surface area (Å²) in [5, 5.41) is 23.0. The zero-order valence-electron chi connectivity index (χ0n) is 34.4. The first kappa shape index (κ1) is 42.8. The number of fused-ring (bicyclic) bond motifs is 6. The summed E-state index contributed by atoms with van der Waals surface area (Å²) in [6.07, 6.45) is 0.412. The predicted molar refractivity (Wildman–Crippen MR) is 236 cm³/mol. The number of carbonyl (C=O) groups excluding carboxylic acids is 4.